The van der Waals surface area contributed by atoms with Crippen LogP contribution >= 0.6 is 0 Å². The van der Waals surface area contributed by atoms with Crippen LogP contribution in [0.25, 0.3) is 0 Å². The van der Waals surface area contributed by atoms with Gasteiger partial charge in [0.25, 0.3) is 0 Å². The predicted octanol–water partition coefficient (Wildman–Crippen LogP) is 1.15. The van der Waals surface area contributed by atoms with Crippen molar-refractivity contribution in [2.75, 3.05) is 20.3 Å². The lowest BCUT2D eigenvalue weighted by Gasteiger charge is -2.21. The molecule has 0 atom stereocenters. The molecule has 2 N–H and O–H groups in total. The third kappa shape index (κ3) is 3.77. The monoisotopic (exact) mass is 235 g/mol. The molecule has 4 nitrogen and oxygen atoms in total. The number of aromatic nitrogens is 1. The number of hydrogen-bond donors (Lipinski definition) is 1. The molecule has 0 spiro atoms. The Kier molecular flexibility index (Phi) is 4.48. The highest BCUT2D eigenvalue weighted by Gasteiger charge is 2.28. The van der Waals surface area contributed by atoms with E-state index in [9.17, 15) is 0 Å². The molecule has 0 aliphatic heterocycles. The van der Waals surface area contributed by atoms with Gasteiger partial charge in [-0.2, -0.15) is 0 Å². The topological polar surface area (TPSA) is 51.4 Å². The normalized spacial score (nSPS) is 15.5. The van der Waals surface area contributed by atoms with Gasteiger partial charge in [-0.1, -0.05) is 6.07 Å². The first-order valence-electron chi connectivity index (χ1n) is 6.20. The van der Waals surface area contributed by atoms with Gasteiger partial charge < -0.3 is 10.5 Å². The van der Waals surface area contributed by atoms with Crippen molar-refractivity contribution in [1.82, 2.24) is 9.88 Å². The van der Waals surface area contributed by atoms with Crippen LogP contribution in [0.3, 0.4) is 0 Å². The van der Waals surface area contributed by atoms with Gasteiger partial charge in [-0.3, -0.25) is 9.88 Å². The highest BCUT2D eigenvalue weighted by Crippen LogP contribution is 2.27. The fourth-order valence-corrected chi connectivity index (χ4v) is 1.92. The SMILES string of the molecule is COCCN(Cc1ccc(CN)cn1)C1CC1. The van der Waals surface area contributed by atoms with Gasteiger partial charge in [0.1, 0.15) is 0 Å². The van der Waals surface area contributed by atoms with E-state index in [2.05, 4.69) is 22.0 Å². The van der Waals surface area contributed by atoms with E-state index in [1.807, 2.05) is 6.20 Å². The molecule has 1 saturated carbocycles. The van der Waals surface area contributed by atoms with Crippen LogP contribution in [0.15, 0.2) is 18.3 Å². The largest absolute Gasteiger partial charge is 0.383 e. The van der Waals surface area contributed by atoms with Crippen molar-refractivity contribution in [1.29, 1.82) is 0 Å². The maximum absolute atomic E-state index is 5.56. The third-order valence-electron chi connectivity index (χ3n) is 3.13. The number of rotatable bonds is 7. The number of nitrogens with zero attached hydrogens (tertiary/aromatic N) is 2. The minimum absolute atomic E-state index is 0.559. The van der Waals surface area contributed by atoms with Crippen molar-refractivity contribution < 1.29 is 4.74 Å². The van der Waals surface area contributed by atoms with Crippen LogP contribution < -0.4 is 5.73 Å². The molecule has 0 bridgehead atoms. The first kappa shape index (κ1) is 12.5. The molecule has 1 fully saturated rings. The van der Waals surface area contributed by atoms with Crippen molar-refractivity contribution in [3.05, 3.63) is 29.6 Å². The van der Waals surface area contributed by atoms with Gasteiger partial charge in [0.15, 0.2) is 0 Å². The second kappa shape index (κ2) is 6.10. The van der Waals surface area contributed by atoms with E-state index < -0.39 is 0 Å². The Morgan fingerprint density at radius 1 is 1.47 bits per heavy atom. The number of nitrogens with two attached hydrogens (primary N) is 1. The maximum atomic E-state index is 5.56. The van der Waals surface area contributed by atoms with Gasteiger partial charge >= 0.3 is 0 Å². The molecule has 4 heteroatoms. The first-order valence-corrected chi connectivity index (χ1v) is 6.20. The van der Waals surface area contributed by atoms with E-state index in [1.165, 1.54) is 12.8 Å². The summed E-state index contributed by atoms with van der Waals surface area (Å²) in [5.41, 5.74) is 7.76. The molecule has 0 saturated heterocycles. The lowest BCUT2D eigenvalue weighted by Crippen LogP contribution is -2.29. The number of ether oxygens (including phenoxy) is 1. The van der Waals surface area contributed by atoms with E-state index in [0.29, 0.717) is 6.54 Å². The van der Waals surface area contributed by atoms with Crippen molar-refractivity contribution in [3.8, 4) is 0 Å². The third-order valence-corrected chi connectivity index (χ3v) is 3.13. The van der Waals surface area contributed by atoms with Crippen molar-refractivity contribution in [3.63, 3.8) is 0 Å². The summed E-state index contributed by atoms with van der Waals surface area (Å²) < 4.78 is 5.15. The highest BCUT2D eigenvalue weighted by atomic mass is 16.5. The van der Waals surface area contributed by atoms with Crippen LogP contribution in [-0.2, 0) is 17.8 Å². The van der Waals surface area contributed by atoms with Gasteiger partial charge in [-0.15, -0.1) is 0 Å². The summed E-state index contributed by atoms with van der Waals surface area (Å²) in [6.07, 6.45) is 4.49. The molecule has 0 aromatic carbocycles. The average Bonchev–Trinajstić information content (AvgIpc) is 3.19. The minimum Gasteiger partial charge on any atom is -0.383 e. The van der Waals surface area contributed by atoms with E-state index >= 15 is 0 Å². The van der Waals surface area contributed by atoms with E-state index in [4.69, 9.17) is 10.5 Å². The quantitative estimate of drug-likeness (QED) is 0.770. The molecule has 0 radical (unpaired) electrons. The molecule has 1 aliphatic rings. The van der Waals surface area contributed by atoms with Gasteiger partial charge in [-0.25, -0.2) is 0 Å². The van der Waals surface area contributed by atoms with Crippen LogP contribution in [-0.4, -0.2) is 36.2 Å². The molecule has 94 valence electrons. The summed E-state index contributed by atoms with van der Waals surface area (Å²) in [4.78, 5) is 6.90. The zero-order valence-corrected chi connectivity index (χ0v) is 10.4. The molecule has 1 aliphatic carbocycles. The van der Waals surface area contributed by atoms with Gasteiger partial charge in [0.2, 0.25) is 0 Å². The first-order chi connectivity index (χ1) is 8.33. The van der Waals surface area contributed by atoms with Gasteiger partial charge in [0, 0.05) is 39.0 Å². The molecule has 0 amide bonds. The zero-order valence-electron chi connectivity index (χ0n) is 10.4. The van der Waals surface area contributed by atoms with E-state index in [1.54, 1.807) is 7.11 Å². The van der Waals surface area contributed by atoms with Gasteiger partial charge in [-0.05, 0) is 24.5 Å². The Hall–Kier alpha value is -0.970. The van der Waals surface area contributed by atoms with Crippen LogP contribution in [0.1, 0.15) is 24.1 Å². The average molecular weight is 235 g/mol. The van der Waals surface area contributed by atoms with Crippen molar-refractivity contribution in [2.24, 2.45) is 5.73 Å². The fraction of sp³-hybridized carbons (Fsp3) is 0.615. The van der Waals surface area contributed by atoms with Gasteiger partial charge in [0.05, 0.1) is 12.3 Å². The highest BCUT2D eigenvalue weighted by molar-refractivity contribution is 5.14. The second-order valence-electron chi connectivity index (χ2n) is 4.56. The summed E-state index contributed by atoms with van der Waals surface area (Å²) in [6.45, 7) is 3.25. The second-order valence-corrected chi connectivity index (χ2v) is 4.56. The molecule has 0 unspecified atom stereocenters. The molecule has 1 aromatic rings. The van der Waals surface area contributed by atoms with Crippen LogP contribution in [0.4, 0.5) is 0 Å². The lowest BCUT2D eigenvalue weighted by atomic mass is 10.2. The fourth-order valence-electron chi connectivity index (χ4n) is 1.92. The Morgan fingerprint density at radius 3 is 2.82 bits per heavy atom. The van der Waals surface area contributed by atoms with E-state index in [-0.39, 0.29) is 0 Å². The smallest absolute Gasteiger partial charge is 0.0589 e. The Bertz CT molecular complexity index is 335. The Balaban J connectivity index is 1.91. The van der Waals surface area contributed by atoms with Crippen LogP contribution in [0.5, 0.6) is 0 Å². The number of methoxy groups -OCH3 is 1. The number of pyridine rings is 1. The maximum Gasteiger partial charge on any atom is 0.0589 e. The standard InChI is InChI=1S/C13H21N3O/c1-17-7-6-16(13-4-5-13)10-12-3-2-11(8-14)9-15-12/h2-3,9,13H,4-8,10,14H2,1H3. The molecule has 2 rings (SSSR count). The van der Waals surface area contributed by atoms with Crippen LogP contribution in [0, 0.1) is 0 Å². The molecular weight excluding hydrogens is 214 g/mol. The Morgan fingerprint density at radius 2 is 2.29 bits per heavy atom. The summed E-state index contributed by atoms with van der Waals surface area (Å²) in [5, 5.41) is 0. The molecule has 17 heavy (non-hydrogen) atoms. The minimum atomic E-state index is 0.559. The van der Waals surface area contributed by atoms with Crippen molar-refractivity contribution in [2.45, 2.75) is 32.0 Å². The molecule has 1 heterocycles. The molecule has 1 aromatic heterocycles. The lowest BCUT2D eigenvalue weighted by molar-refractivity contribution is 0.139. The van der Waals surface area contributed by atoms with E-state index in [0.717, 1.165) is 37.0 Å². The number of hydrogen-bond acceptors (Lipinski definition) is 4. The summed E-state index contributed by atoms with van der Waals surface area (Å²) in [6, 6.07) is 4.87. The summed E-state index contributed by atoms with van der Waals surface area (Å²) in [5.74, 6) is 0. The molecular formula is C13H21N3O. The summed E-state index contributed by atoms with van der Waals surface area (Å²) in [7, 11) is 1.75. The predicted molar refractivity (Wildman–Crippen MR) is 67.4 cm³/mol. The van der Waals surface area contributed by atoms with Crippen molar-refractivity contribution >= 4 is 0 Å². The zero-order chi connectivity index (χ0) is 12.1. The summed E-state index contributed by atoms with van der Waals surface area (Å²) >= 11 is 0. The Labute approximate surface area is 103 Å². The van der Waals surface area contributed by atoms with Crippen LogP contribution in [0.2, 0.25) is 0 Å².